The van der Waals surface area contributed by atoms with Gasteiger partial charge in [-0.2, -0.15) is 5.10 Å². The number of allylic oxidation sites excluding steroid dienone is 1. The van der Waals surface area contributed by atoms with Crippen molar-refractivity contribution in [1.29, 1.82) is 0 Å². The first-order valence-electron chi connectivity index (χ1n) is 5.52. The van der Waals surface area contributed by atoms with Crippen molar-refractivity contribution >= 4 is 28.2 Å². The Hall–Kier alpha value is -1.75. The number of rotatable bonds is 3. The Morgan fingerprint density at radius 3 is 2.39 bits per heavy atom. The molecule has 0 radical (unpaired) electrons. The topological polar surface area (TPSA) is 43.1 Å². The van der Waals surface area contributed by atoms with Crippen LogP contribution in [-0.4, -0.2) is 21.1 Å². The molecule has 0 N–H and O–H groups in total. The van der Waals surface area contributed by atoms with E-state index in [1.165, 1.54) is 0 Å². The first kappa shape index (κ1) is 12.7. The molecule has 0 aliphatic heterocycles. The Labute approximate surface area is 114 Å². The zero-order valence-electron chi connectivity index (χ0n) is 10.2. The van der Waals surface area contributed by atoms with Gasteiger partial charge in [-0.25, -0.2) is 4.68 Å². The second-order valence-electron chi connectivity index (χ2n) is 3.79. The van der Waals surface area contributed by atoms with Gasteiger partial charge in [0.2, 0.25) is 0 Å². The van der Waals surface area contributed by atoms with Gasteiger partial charge in [0.25, 0.3) is 0 Å². The third-order valence-electron chi connectivity index (χ3n) is 2.35. The molecule has 4 nitrogen and oxygen atoms in total. The quantitative estimate of drug-likeness (QED) is 0.818. The standard InChI is InChI=1S/C13H13BrN4/c1-10-16-17-11(2)18(10)15-9-13(14)8-12-6-4-3-5-7-12/h3-9H,1-2H3/b13-8-,15-9-. The lowest BCUT2D eigenvalue weighted by Crippen LogP contribution is -1.95. The lowest BCUT2D eigenvalue weighted by molar-refractivity contribution is 0.799. The first-order valence-corrected chi connectivity index (χ1v) is 6.31. The number of nitrogens with zero attached hydrogens (tertiary/aromatic N) is 4. The van der Waals surface area contributed by atoms with Crippen LogP contribution in [0, 0.1) is 13.8 Å². The third-order valence-corrected chi connectivity index (χ3v) is 2.79. The average Bonchev–Trinajstić information content (AvgIpc) is 2.68. The van der Waals surface area contributed by atoms with E-state index < -0.39 is 0 Å². The van der Waals surface area contributed by atoms with Crippen LogP contribution in [0.25, 0.3) is 6.08 Å². The van der Waals surface area contributed by atoms with E-state index in [-0.39, 0.29) is 0 Å². The summed E-state index contributed by atoms with van der Waals surface area (Å²) >= 11 is 3.47. The van der Waals surface area contributed by atoms with E-state index in [0.717, 1.165) is 21.7 Å². The number of hydrogen-bond acceptors (Lipinski definition) is 3. The molecule has 0 spiro atoms. The minimum absolute atomic E-state index is 0.767. The minimum Gasteiger partial charge on any atom is -0.202 e. The predicted octanol–water partition coefficient (Wildman–Crippen LogP) is 3.16. The first-order chi connectivity index (χ1) is 8.66. The monoisotopic (exact) mass is 304 g/mol. The van der Waals surface area contributed by atoms with E-state index in [1.54, 1.807) is 10.9 Å². The van der Waals surface area contributed by atoms with Crippen LogP contribution in [0.1, 0.15) is 17.2 Å². The Morgan fingerprint density at radius 1 is 1.17 bits per heavy atom. The molecule has 1 heterocycles. The lowest BCUT2D eigenvalue weighted by atomic mass is 10.2. The second-order valence-corrected chi connectivity index (χ2v) is 4.71. The molecule has 0 saturated carbocycles. The Morgan fingerprint density at radius 2 is 1.78 bits per heavy atom. The van der Waals surface area contributed by atoms with Crippen molar-refractivity contribution in [3.05, 3.63) is 52.0 Å². The summed E-state index contributed by atoms with van der Waals surface area (Å²) in [6.45, 7) is 3.73. The summed E-state index contributed by atoms with van der Waals surface area (Å²) in [5.74, 6) is 1.53. The highest BCUT2D eigenvalue weighted by molar-refractivity contribution is 9.12. The molecule has 0 aliphatic carbocycles. The molecule has 0 amide bonds. The fraction of sp³-hybridized carbons (Fsp3) is 0.154. The Bertz CT molecular complexity index is 565. The Balaban J connectivity index is 2.17. The summed E-state index contributed by atoms with van der Waals surface area (Å²) in [5.41, 5.74) is 1.12. The molecule has 0 atom stereocenters. The molecule has 18 heavy (non-hydrogen) atoms. The molecular formula is C13H13BrN4. The van der Waals surface area contributed by atoms with Crippen LogP contribution in [0.2, 0.25) is 0 Å². The van der Waals surface area contributed by atoms with Crippen molar-refractivity contribution in [2.24, 2.45) is 5.10 Å². The fourth-order valence-electron chi connectivity index (χ4n) is 1.49. The highest BCUT2D eigenvalue weighted by Crippen LogP contribution is 2.10. The van der Waals surface area contributed by atoms with Crippen molar-refractivity contribution in [3.8, 4) is 0 Å². The number of halogens is 1. The van der Waals surface area contributed by atoms with Gasteiger partial charge in [-0.1, -0.05) is 30.3 Å². The van der Waals surface area contributed by atoms with Crippen LogP contribution in [0.4, 0.5) is 0 Å². The van der Waals surface area contributed by atoms with Crippen LogP contribution in [0.5, 0.6) is 0 Å². The van der Waals surface area contributed by atoms with Gasteiger partial charge in [-0.3, -0.25) is 0 Å². The zero-order valence-corrected chi connectivity index (χ0v) is 11.8. The normalized spacial score (nSPS) is 12.3. The molecule has 1 aromatic carbocycles. The van der Waals surface area contributed by atoms with Gasteiger partial charge in [-0.05, 0) is 41.4 Å². The molecule has 2 rings (SSSR count). The summed E-state index contributed by atoms with van der Waals surface area (Å²) in [6, 6.07) is 10.0. The van der Waals surface area contributed by atoms with Crippen LogP contribution >= 0.6 is 15.9 Å². The Kier molecular flexibility index (Phi) is 4.04. The SMILES string of the molecule is Cc1nnc(C)n1/N=C\C(Br)=C\c1ccccc1. The molecule has 0 fully saturated rings. The van der Waals surface area contributed by atoms with Gasteiger partial charge >= 0.3 is 0 Å². The lowest BCUT2D eigenvalue weighted by Gasteiger charge is -1.97. The smallest absolute Gasteiger partial charge is 0.151 e. The van der Waals surface area contributed by atoms with Crippen LogP contribution < -0.4 is 0 Å². The van der Waals surface area contributed by atoms with Crippen molar-refractivity contribution in [1.82, 2.24) is 14.9 Å². The van der Waals surface area contributed by atoms with E-state index in [4.69, 9.17) is 0 Å². The van der Waals surface area contributed by atoms with Gasteiger partial charge in [0.15, 0.2) is 11.6 Å². The van der Waals surface area contributed by atoms with Crippen LogP contribution in [-0.2, 0) is 0 Å². The fourth-order valence-corrected chi connectivity index (χ4v) is 1.85. The van der Waals surface area contributed by atoms with Gasteiger partial charge in [-0.15, -0.1) is 10.2 Å². The number of aromatic nitrogens is 3. The van der Waals surface area contributed by atoms with Gasteiger partial charge in [0.1, 0.15) is 0 Å². The van der Waals surface area contributed by atoms with Gasteiger partial charge < -0.3 is 0 Å². The summed E-state index contributed by atoms with van der Waals surface area (Å²) < 4.78 is 2.58. The summed E-state index contributed by atoms with van der Waals surface area (Å²) in [7, 11) is 0. The highest BCUT2D eigenvalue weighted by Gasteiger charge is 2.00. The summed E-state index contributed by atoms with van der Waals surface area (Å²) in [5, 5.41) is 12.2. The zero-order chi connectivity index (χ0) is 13.0. The van der Waals surface area contributed by atoms with E-state index in [0.29, 0.717) is 0 Å². The van der Waals surface area contributed by atoms with Gasteiger partial charge in [0, 0.05) is 4.48 Å². The van der Waals surface area contributed by atoms with Crippen molar-refractivity contribution < 1.29 is 0 Å². The summed E-state index contributed by atoms with van der Waals surface area (Å²) in [6.07, 6.45) is 3.73. The molecule has 1 aromatic heterocycles. The maximum atomic E-state index is 4.31. The van der Waals surface area contributed by atoms with Crippen molar-refractivity contribution in [2.75, 3.05) is 0 Å². The summed E-state index contributed by atoms with van der Waals surface area (Å²) in [4.78, 5) is 0. The number of benzene rings is 1. The minimum atomic E-state index is 0.767. The largest absolute Gasteiger partial charge is 0.202 e. The van der Waals surface area contributed by atoms with E-state index in [1.807, 2.05) is 50.3 Å². The maximum Gasteiger partial charge on any atom is 0.151 e. The van der Waals surface area contributed by atoms with Crippen molar-refractivity contribution in [2.45, 2.75) is 13.8 Å². The molecular weight excluding hydrogens is 292 g/mol. The van der Waals surface area contributed by atoms with Crippen LogP contribution in [0.3, 0.4) is 0 Å². The van der Waals surface area contributed by atoms with Gasteiger partial charge in [0.05, 0.1) is 6.21 Å². The van der Waals surface area contributed by atoms with Crippen LogP contribution in [0.15, 0.2) is 39.9 Å². The molecule has 0 saturated heterocycles. The average molecular weight is 305 g/mol. The number of aryl methyl sites for hydroxylation is 2. The number of hydrogen-bond donors (Lipinski definition) is 0. The van der Waals surface area contributed by atoms with E-state index in [9.17, 15) is 0 Å². The molecule has 0 aliphatic rings. The third kappa shape index (κ3) is 3.13. The molecule has 5 heteroatoms. The maximum absolute atomic E-state index is 4.31. The molecule has 2 aromatic rings. The van der Waals surface area contributed by atoms with Crippen molar-refractivity contribution in [3.63, 3.8) is 0 Å². The highest BCUT2D eigenvalue weighted by atomic mass is 79.9. The van der Waals surface area contributed by atoms with E-state index in [2.05, 4.69) is 31.2 Å². The predicted molar refractivity (Wildman–Crippen MR) is 76.7 cm³/mol. The van der Waals surface area contributed by atoms with E-state index >= 15 is 0 Å². The molecule has 92 valence electrons. The molecule has 0 bridgehead atoms. The molecule has 0 unspecified atom stereocenters. The second kappa shape index (κ2) is 5.73.